The molecule has 1 rings (SSSR count). The van der Waals surface area contributed by atoms with Crippen molar-refractivity contribution < 1.29 is 19.4 Å². The molecule has 2 atom stereocenters. The Balaban J connectivity index is 2.56. The first-order valence-corrected chi connectivity index (χ1v) is 5.18. The van der Waals surface area contributed by atoms with E-state index in [0.29, 0.717) is 6.42 Å². The summed E-state index contributed by atoms with van der Waals surface area (Å²) in [6.07, 6.45) is 3.03. The standard InChI is InChI=1S/C11H16O4/c1-3-4-8-5-6-9(11(14)15-8)7(2)10(12)13/h8-9H,2-6H2,1H3,(H,12,13)/t8-,9-/m1/s1. The summed E-state index contributed by atoms with van der Waals surface area (Å²) in [4.78, 5) is 22.1. The number of hydrogen-bond acceptors (Lipinski definition) is 3. The second-order valence-electron chi connectivity index (χ2n) is 3.81. The van der Waals surface area contributed by atoms with E-state index in [-0.39, 0.29) is 11.7 Å². The first-order chi connectivity index (χ1) is 7.06. The van der Waals surface area contributed by atoms with Crippen LogP contribution in [0.5, 0.6) is 0 Å². The molecular weight excluding hydrogens is 196 g/mol. The van der Waals surface area contributed by atoms with Crippen LogP contribution in [0.4, 0.5) is 0 Å². The van der Waals surface area contributed by atoms with Gasteiger partial charge in [0, 0.05) is 5.57 Å². The summed E-state index contributed by atoms with van der Waals surface area (Å²) in [6.45, 7) is 5.42. The van der Waals surface area contributed by atoms with Crippen LogP contribution in [0.3, 0.4) is 0 Å². The fourth-order valence-corrected chi connectivity index (χ4v) is 1.77. The minimum atomic E-state index is -1.12. The molecule has 1 aliphatic rings. The average Bonchev–Trinajstić information content (AvgIpc) is 2.17. The quantitative estimate of drug-likeness (QED) is 0.569. The van der Waals surface area contributed by atoms with Crippen molar-refractivity contribution in [3.05, 3.63) is 12.2 Å². The normalized spacial score (nSPS) is 25.8. The molecule has 0 aromatic rings. The zero-order valence-electron chi connectivity index (χ0n) is 8.86. The van der Waals surface area contributed by atoms with E-state index >= 15 is 0 Å². The van der Waals surface area contributed by atoms with Crippen LogP contribution in [0.15, 0.2) is 12.2 Å². The summed E-state index contributed by atoms with van der Waals surface area (Å²) in [7, 11) is 0. The Morgan fingerprint density at radius 2 is 2.27 bits per heavy atom. The van der Waals surface area contributed by atoms with E-state index in [1.165, 1.54) is 0 Å². The minimum Gasteiger partial charge on any atom is -0.478 e. The van der Waals surface area contributed by atoms with Gasteiger partial charge in [-0.25, -0.2) is 4.79 Å². The van der Waals surface area contributed by atoms with Crippen LogP contribution < -0.4 is 0 Å². The smallest absolute Gasteiger partial charge is 0.331 e. The van der Waals surface area contributed by atoms with Crippen molar-refractivity contribution in [2.45, 2.75) is 38.7 Å². The lowest BCUT2D eigenvalue weighted by atomic mass is 9.90. The van der Waals surface area contributed by atoms with E-state index in [9.17, 15) is 9.59 Å². The van der Waals surface area contributed by atoms with Gasteiger partial charge in [0.15, 0.2) is 0 Å². The SMILES string of the molecule is C=C(C(=O)O)[C@H]1CC[C@@H](CCC)OC1=O. The number of rotatable bonds is 4. The largest absolute Gasteiger partial charge is 0.478 e. The van der Waals surface area contributed by atoms with E-state index in [2.05, 4.69) is 6.58 Å². The number of hydrogen-bond donors (Lipinski definition) is 1. The van der Waals surface area contributed by atoms with Crippen molar-refractivity contribution in [3.8, 4) is 0 Å². The van der Waals surface area contributed by atoms with Crippen LogP contribution in [0.1, 0.15) is 32.6 Å². The molecule has 0 unspecified atom stereocenters. The molecule has 0 spiro atoms. The van der Waals surface area contributed by atoms with Gasteiger partial charge in [-0.2, -0.15) is 0 Å². The van der Waals surface area contributed by atoms with E-state index in [4.69, 9.17) is 9.84 Å². The van der Waals surface area contributed by atoms with Crippen LogP contribution in [-0.4, -0.2) is 23.1 Å². The Morgan fingerprint density at radius 3 is 2.73 bits per heavy atom. The highest BCUT2D eigenvalue weighted by molar-refractivity contribution is 5.93. The van der Waals surface area contributed by atoms with Crippen LogP contribution >= 0.6 is 0 Å². The number of cyclic esters (lactones) is 1. The second kappa shape index (κ2) is 4.96. The Labute approximate surface area is 88.9 Å². The zero-order chi connectivity index (χ0) is 11.4. The topological polar surface area (TPSA) is 63.6 Å². The molecule has 15 heavy (non-hydrogen) atoms. The maximum Gasteiger partial charge on any atom is 0.331 e. The molecule has 4 heteroatoms. The first kappa shape index (κ1) is 11.8. The van der Waals surface area contributed by atoms with Gasteiger partial charge in [0.25, 0.3) is 0 Å². The highest BCUT2D eigenvalue weighted by atomic mass is 16.5. The van der Waals surface area contributed by atoms with Crippen molar-refractivity contribution in [2.75, 3.05) is 0 Å². The average molecular weight is 212 g/mol. The molecule has 0 bridgehead atoms. The van der Waals surface area contributed by atoms with Gasteiger partial charge in [-0.05, 0) is 19.3 Å². The fourth-order valence-electron chi connectivity index (χ4n) is 1.77. The van der Waals surface area contributed by atoms with Gasteiger partial charge >= 0.3 is 11.9 Å². The highest BCUT2D eigenvalue weighted by Gasteiger charge is 2.33. The number of aliphatic carboxylic acids is 1. The molecule has 0 amide bonds. The summed E-state index contributed by atoms with van der Waals surface area (Å²) >= 11 is 0. The molecule has 1 N–H and O–H groups in total. The second-order valence-corrected chi connectivity index (χ2v) is 3.81. The lowest BCUT2D eigenvalue weighted by Gasteiger charge is -2.27. The van der Waals surface area contributed by atoms with Crippen LogP contribution in [0.25, 0.3) is 0 Å². The number of carboxylic acids is 1. The van der Waals surface area contributed by atoms with Gasteiger partial charge in [-0.15, -0.1) is 0 Å². The fraction of sp³-hybridized carbons (Fsp3) is 0.636. The van der Waals surface area contributed by atoms with E-state index in [1.54, 1.807) is 0 Å². The molecule has 0 saturated carbocycles. The molecule has 0 aromatic carbocycles. The summed E-state index contributed by atoms with van der Waals surface area (Å²) < 4.78 is 5.15. The van der Waals surface area contributed by atoms with Crippen molar-refractivity contribution in [1.29, 1.82) is 0 Å². The van der Waals surface area contributed by atoms with Gasteiger partial charge in [0.2, 0.25) is 0 Å². The summed E-state index contributed by atoms with van der Waals surface area (Å²) in [5.74, 6) is -2.21. The molecule has 84 valence electrons. The van der Waals surface area contributed by atoms with Gasteiger partial charge in [-0.1, -0.05) is 19.9 Å². The third-order valence-electron chi connectivity index (χ3n) is 2.65. The number of carbonyl (C=O) groups excluding carboxylic acids is 1. The molecular formula is C11H16O4. The number of carbonyl (C=O) groups is 2. The van der Waals surface area contributed by atoms with Crippen molar-refractivity contribution >= 4 is 11.9 Å². The lowest BCUT2D eigenvalue weighted by Crippen LogP contribution is -2.33. The molecule has 1 fully saturated rings. The van der Waals surface area contributed by atoms with E-state index in [1.807, 2.05) is 6.92 Å². The van der Waals surface area contributed by atoms with Crippen molar-refractivity contribution in [2.24, 2.45) is 5.92 Å². The first-order valence-electron chi connectivity index (χ1n) is 5.18. The van der Waals surface area contributed by atoms with Crippen LogP contribution in [0.2, 0.25) is 0 Å². The molecule has 4 nitrogen and oxygen atoms in total. The maximum atomic E-state index is 11.5. The third kappa shape index (κ3) is 2.81. The summed E-state index contributed by atoms with van der Waals surface area (Å²) in [6, 6.07) is 0. The molecule has 0 aromatic heterocycles. The number of esters is 1. The zero-order valence-corrected chi connectivity index (χ0v) is 8.86. The van der Waals surface area contributed by atoms with Crippen LogP contribution in [-0.2, 0) is 14.3 Å². The lowest BCUT2D eigenvalue weighted by molar-refractivity contribution is -0.160. The van der Waals surface area contributed by atoms with Crippen LogP contribution in [0, 0.1) is 5.92 Å². The predicted molar refractivity (Wildman–Crippen MR) is 54.3 cm³/mol. The van der Waals surface area contributed by atoms with Gasteiger partial charge in [0.1, 0.15) is 6.10 Å². The molecule has 0 radical (unpaired) electrons. The number of ether oxygens (including phenoxy) is 1. The van der Waals surface area contributed by atoms with Crippen molar-refractivity contribution in [1.82, 2.24) is 0 Å². The van der Waals surface area contributed by atoms with Gasteiger partial charge in [-0.3, -0.25) is 4.79 Å². The molecule has 0 aliphatic carbocycles. The molecule has 1 aliphatic heterocycles. The maximum absolute atomic E-state index is 11.5. The minimum absolute atomic E-state index is 0.0413. The third-order valence-corrected chi connectivity index (χ3v) is 2.65. The summed E-state index contributed by atoms with van der Waals surface area (Å²) in [5, 5.41) is 8.71. The van der Waals surface area contributed by atoms with Gasteiger partial charge < -0.3 is 9.84 Å². The van der Waals surface area contributed by atoms with E-state index < -0.39 is 17.9 Å². The summed E-state index contributed by atoms with van der Waals surface area (Å²) in [5.41, 5.74) is -0.0602. The van der Waals surface area contributed by atoms with E-state index in [0.717, 1.165) is 19.3 Å². The Kier molecular flexibility index (Phi) is 3.88. The Morgan fingerprint density at radius 1 is 1.60 bits per heavy atom. The predicted octanol–water partition coefficient (Wildman–Crippen LogP) is 1.75. The molecule has 1 saturated heterocycles. The Hall–Kier alpha value is -1.32. The monoisotopic (exact) mass is 212 g/mol. The molecule has 1 heterocycles. The van der Waals surface area contributed by atoms with Gasteiger partial charge in [0.05, 0.1) is 5.92 Å². The number of carboxylic acid groups (broad SMARTS) is 1. The Bertz CT molecular complexity index is 282. The highest BCUT2D eigenvalue weighted by Crippen LogP contribution is 2.27. The van der Waals surface area contributed by atoms with Crippen molar-refractivity contribution in [3.63, 3.8) is 0 Å².